The Morgan fingerprint density at radius 3 is 2.71 bits per heavy atom. The van der Waals surface area contributed by atoms with Gasteiger partial charge in [0.25, 0.3) is 5.56 Å². The highest BCUT2D eigenvalue weighted by Crippen LogP contribution is 2.15. The van der Waals surface area contributed by atoms with Gasteiger partial charge in [-0.3, -0.25) is 4.79 Å². The lowest BCUT2D eigenvalue weighted by molar-refractivity contribution is 0.254. The molecule has 1 rings (SSSR count). The number of nitrogens with one attached hydrogen (secondary N) is 1. The summed E-state index contributed by atoms with van der Waals surface area (Å²) >= 11 is 0. The number of rotatable bonds is 5. The minimum Gasteiger partial charge on any atom is -0.365 e. The Hall–Kier alpha value is -1.36. The molecule has 1 aromatic rings. The molecule has 0 spiro atoms. The first kappa shape index (κ1) is 13.7. The summed E-state index contributed by atoms with van der Waals surface area (Å²) in [5.74, 6) is 0.418. The van der Waals surface area contributed by atoms with Crippen molar-refractivity contribution in [2.24, 2.45) is 12.5 Å². The summed E-state index contributed by atoms with van der Waals surface area (Å²) in [7, 11) is 5.81. The Morgan fingerprint density at radius 1 is 1.47 bits per heavy atom. The quantitative estimate of drug-likeness (QED) is 0.823. The predicted octanol–water partition coefficient (Wildman–Crippen LogP) is 0.780. The van der Waals surface area contributed by atoms with Crippen molar-refractivity contribution in [1.29, 1.82) is 0 Å². The summed E-state index contributed by atoms with van der Waals surface area (Å²) in [4.78, 5) is 17.9. The first-order valence-electron chi connectivity index (χ1n) is 5.72. The fraction of sp³-hybridized carbons (Fsp3) is 0.667. The maximum atomic E-state index is 11.7. The molecule has 1 heterocycles. The van der Waals surface area contributed by atoms with Gasteiger partial charge in [0.05, 0.1) is 0 Å². The third kappa shape index (κ3) is 4.19. The third-order valence-electron chi connectivity index (χ3n) is 2.50. The molecule has 0 bridgehead atoms. The fourth-order valence-corrected chi connectivity index (χ4v) is 1.85. The van der Waals surface area contributed by atoms with Gasteiger partial charge >= 0.3 is 0 Å². The van der Waals surface area contributed by atoms with Crippen LogP contribution in [-0.2, 0) is 7.05 Å². The maximum Gasteiger partial charge on any atom is 0.293 e. The first-order chi connectivity index (χ1) is 7.82. The Morgan fingerprint density at radius 2 is 2.12 bits per heavy atom. The topological polar surface area (TPSA) is 50.2 Å². The van der Waals surface area contributed by atoms with E-state index in [9.17, 15) is 4.79 Å². The Labute approximate surface area is 102 Å². The van der Waals surface area contributed by atoms with E-state index in [2.05, 4.69) is 29.0 Å². The van der Waals surface area contributed by atoms with E-state index in [0.717, 1.165) is 13.1 Å². The summed E-state index contributed by atoms with van der Waals surface area (Å²) < 4.78 is 1.52. The van der Waals surface area contributed by atoms with Gasteiger partial charge in [0.1, 0.15) is 0 Å². The van der Waals surface area contributed by atoms with Crippen molar-refractivity contribution in [2.45, 2.75) is 13.8 Å². The van der Waals surface area contributed by atoms with Gasteiger partial charge in [0.15, 0.2) is 5.82 Å². The van der Waals surface area contributed by atoms with Gasteiger partial charge in [-0.15, -0.1) is 0 Å². The summed E-state index contributed by atoms with van der Waals surface area (Å²) in [5.41, 5.74) is -0.000355. The number of aryl methyl sites for hydroxylation is 1. The number of hydrogen-bond acceptors (Lipinski definition) is 4. The lowest BCUT2D eigenvalue weighted by Crippen LogP contribution is -2.36. The second-order valence-corrected chi connectivity index (χ2v) is 5.45. The van der Waals surface area contributed by atoms with E-state index in [4.69, 9.17) is 0 Å². The third-order valence-corrected chi connectivity index (χ3v) is 2.50. The van der Waals surface area contributed by atoms with E-state index >= 15 is 0 Å². The molecule has 0 saturated carbocycles. The number of aromatic nitrogens is 2. The van der Waals surface area contributed by atoms with Gasteiger partial charge in [-0.25, -0.2) is 4.98 Å². The van der Waals surface area contributed by atoms with Crippen LogP contribution in [0.5, 0.6) is 0 Å². The number of nitrogens with zero attached hydrogens (tertiary/aromatic N) is 3. The molecule has 0 aromatic carbocycles. The molecule has 96 valence electrons. The largest absolute Gasteiger partial charge is 0.365 e. The van der Waals surface area contributed by atoms with Crippen molar-refractivity contribution >= 4 is 5.82 Å². The second-order valence-electron chi connectivity index (χ2n) is 5.45. The average Bonchev–Trinajstić information content (AvgIpc) is 2.18. The van der Waals surface area contributed by atoms with Gasteiger partial charge in [-0.05, 0) is 19.5 Å². The Kier molecular flexibility index (Phi) is 4.28. The minimum absolute atomic E-state index is 0.0893. The minimum atomic E-state index is -0.0897. The van der Waals surface area contributed by atoms with Crippen molar-refractivity contribution in [3.63, 3.8) is 0 Å². The van der Waals surface area contributed by atoms with Crippen LogP contribution >= 0.6 is 0 Å². The molecule has 5 nitrogen and oxygen atoms in total. The van der Waals surface area contributed by atoms with Crippen molar-refractivity contribution in [1.82, 2.24) is 14.5 Å². The summed E-state index contributed by atoms with van der Waals surface area (Å²) in [6, 6.07) is 0. The molecule has 0 aliphatic carbocycles. The van der Waals surface area contributed by atoms with Crippen LogP contribution in [0.2, 0.25) is 0 Å². The van der Waals surface area contributed by atoms with Gasteiger partial charge in [-0.1, -0.05) is 13.8 Å². The highest BCUT2D eigenvalue weighted by Gasteiger charge is 2.19. The van der Waals surface area contributed by atoms with E-state index in [1.807, 2.05) is 14.1 Å². The molecule has 0 amide bonds. The van der Waals surface area contributed by atoms with Gasteiger partial charge in [0, 0.05) is 32.5 Å². The molecular formula is C12H22N4O. The molecule has 0 saturated heterocycles. The summed E-state index contributed by atoms with van der Waals surface area (Å²) in [6.45, 7) is 5.99. The van der Waals surface area contributed by atoms with Crippen LogP contribution in [0.4, 0.5) is 5.82 Å². The fourth-order valence-electron chi connectivity index (χ4n) is 1.85. The van der Waals surface area contributed by atoms with Crippen molar-refractivity contribution < 1.29 is 0 Å². The first-order valence-corrected chi connectivity index (χ1v) is 5.72. The van der Waals surface area contributed by atoms with Crippen molar-refractivity contribution in [2.75, 3.05) is 32.5 Å². The van der Waals surface area contributed by atoms with Gasteiger partial charge in [0.2, 0.25) is 0 Å². The molecule has 1 aromatic heterocycles. The Bertz CT molecular complexity index is 423. The van der Waals surface area contributed by atoms with Gasteiger partial charge < -0.3 is 14.8 Å². The van der Waals surface area contributed by atoms with Crippen LogP contribution in [0.1, 0.15) is 13.8 Å². The molecule has 0 unspecified atom stereocenters. The number of hydrogen-bond donors (Lipinski definition) is 1. The van der Waals surface area contributed by atoms with Crippen LogP contribution in [-0.4, -0.2) is 41.6 Å². The zero-order valence-corrected chi connectivity index (χ0v) is 11.3. The average molecular weight is 238 g/mol. The van der Waals surface area contributed by atoms with Crippen molar-refractivity contribution in [3.05, 3.63) is 22.7 Å². The zero-order valence-electron chi connectivity index (χ0n) is 11.3. The normalized spacial score (nSPS) is 11.9. The summed E-state index contributed by atoms with van der Waals surface area (Å²) in [6.07, 6.45) is 3.28. The van der Waals surface area contributed by atoms with Crippen LogP contribution in [0.3, 0.4) is 0 Å². The monoisotopic (exact) mass is 238 g/mol. The molecule has 1 N–H and O–H groups in total. The van der Waals surface area contributed by atoms with E-state index < -0.39 is 0 Å². The molecular weight excluding hydrogens is 216 g/mol. The summed E-state index contributed by atoms with van der Waals surface area (Å²) in [5, 5.41) is 3.13. The molecule has 0 aliphatic heterocycles. The van der Waals surface area contributed by atoms with Crippen molar-refractivity contribution in [3.8, 4) is 0 Å². The van der Waals surface area contributed by atoms with E-state index in [0.29, 0.717) is 5.82 Å². The lowest BCUT2D eigenvalue weighted by Gasteiger charge is -2.28. The SMILES string of the molecule is CN(C)CC(C)(C)CNc1nccn(C)c1=O. The van der Waals surface area contributed by atoms with Gasteiger partial charge in [-0.2, -0.15) is 0 Å². The standard InChI is InChI=1S/C12H22N4O/c1-12(2,9-15(3)4)8-14-10-11(17)16(5)7-6-13-10/h6-7H,8-9H2,1-5H3,(H,13,14). The molecule has 0 aliphatic rings. The molecule has 0 atom stereocenters. The second kappa shape index (κ2) is 5.31. The van der Waals surface area contributed by atoms with Crippen LogP contribution in [0.15, 0.2) is 17.2 Å². The highest BCUT2D eigenvalue weighted by atomic mass is 16.1. The number of anilines is 1. The zero-order chi connectivity index (χ0) is 13.1. The highest BCUT2D eigenvalue weighted by molar-refractivity contribution is 5.30. The molecule has 17 heavy (non-hydrogen) atoms. The maximum absolute atomic E-state index is 11.7. The van der Waals surface area contributed by atoms with E-state index in [1.54, 1.807) is 19.4 Å². The molecule has 5 heteroatoms. The van der Waals surface area contributed by atoms with E-state index in [1.165, 1.54) is 4.57 Å². The lowest BCUT2D eigenvalue weighted by atomic mass is 9.93. The smallest absolute Gasteiger partial charge is 0.293 e. The molecule has 0 fully saturated rings. The van der Waals surface area contributed by atoms with Crippen LogP contribution in [0, 0.1) is 5.41 Å². The predicted molar refractivity (Wildman–Crippen MR) is 70.3 cm³/mol. The van der Waals surface area contributed by atoms with Crippen LogP contribution in [0.25, 0.3) is 0 Å². The van der Waals surface area contributed by atoms with E-state index in [-0.39, 0.29) is 11.0 Å². The van der Waals surface area contributed by atoms with Crippen LogP contribution < -0.4 is 10.9 Å². The molecule has 0 radical (unpaired) electrons. The Balaban J connectivity index is 2.67.